The predicted octanol–water partition coefficient (Wildman–Crippen LogP) is 3.40. The predicted molar refractivity (Wildman–Crippen MR) is 85.7 cm³/mol. The van der Waals surface area contributed by atoms with Crippen molar-refractivity contribution >= 4 is 35.6 Å². The van der Waals surface area contributed by atoms with Gasteiger partial charge in [-0.3, -0.25) is 0 Å². The van der Waals surface area contributed by atoms with Gasteiger partial charge in [0.25, 0.3) is 0 Å². The minimum Gasteiger partial charge on any atom is -0.494 e. The largest absolute Gasteiger partial charge is 0.494 e. The second kappa shape index (κ2) is 6.14. The van der Waals surface area contributed by atoms with E-state index in [0.717, 1.165) is 5.46 Å². The van der Waals surface area contributed by atoms with Gasteiger partial charge in [0, 0.05) is 0 Å². The van der Waals surface area contributed by atoms with Crippen LogP contribution >= 0.6 is 23.2 Å². The summed E-state index contributed by atoms with van der Waals surface area (Å²) >= 11 is 12.3. The van der Waals surface area contributed by atoms with Crippen LogP contribution in [0, 0.1) is 0 Å². The zero-order valence-corrected chi connectivity index (χ0v) is 14.3. The molecule has 0 spiro atoms. The Labute approximate surface area is 131 Å². The van der Waals surface area contributed by atoms with E-state index in [1.165, 1.54) is 7.11 Å². The van der Waals surface area contributed by atoms with Crippen molar-refractivity contribution < 1.29 is 14.5 Å². The molecule has 20 heavy (non-hydrogen) atoms. The molecule has 0 fully saturated rings. The molecule has 0 saturated heterocycles. The Morgan fingerprint density at radius 2 is 1.55 bits per heavy atom. The van der Waals surface area contributed by atoms with E-state index in [4.69, 9.17) is 32.6 Å². The van der Waals surface area contributed by atoms with Crippen LogP contribution in [0.3, 0.4) is 0 Å². The monoisotopic (exact) mass is 318 g/mol. The summed E-state index contributed by atoms with van der Waals surface area (Å²) < 4.78 is 11.1. The molecule has 0 aliphatic heterocycles. The first-order chi connectivity index (χ1) is 8.99. The number of methoxy groups -OCH3 is 1. The van der Waals surface area contributed by atoms with Gasteiger partial charge in [-0.1, -0.05) is 30.0 Å². The third-order valence-electron chi connectivity index (χ3n) is 3.64. The minimum absolute atomic E-state index is 0.266. The Hall–Kier alpha value is -0.415. The summed E-state index contributed by atoms with van der Waals surface area (Å²) in [5.41, 5.74) is -0.856. The van der Waals surface area contributed by atoms with Crippen molar-refractivity contribution in [3.05, 3.63) is 22.2 Å². The Balaban J connectivity index is 3.02. The van der Waals surface area contributed by atoms with Gasteiger partial charge in [-0.15, -0.1) is 0 Å². The SMILES string of the molecule is COc1c(Cl)cc(B(C)OC(C)(C)C(C)(C)O)cc1Cl. The van der Waals surface area contributed by atoms with Crippen LogP contribution in [0.5, 0.6) is 5.75 Å². The van der Waals surface area contributed by atoms with Crippen molar-refractivity contribution in [2.45, 2.75) is 45.7 Å². The van der Waals surface area contributed by atoms with Gasteiger partial charge in [0.1, 0.15) is 0 Å². The molecule has 3 nitrogen and oxygen atoms in total. The summed E-state index contributed by atoms with van der Waals surface area (Å²) in [6.07, 6.45) is 0. The van der Waals surface area contributed by atoms with E-state index >= 15 is 0 Å². The molecule has 0 atom stereocenters. The standard InChI is InChI=1S/C14H21BCl2O3/c1-13(2,18)14(3,4)20-15(5)9-7-10(16)12(19-6)11(17)8-9/h7-8,18H,1-6H3. The van der Waals surface area contributed by atoms with Gasteiger partial charge in [0.2, 0.25) is 0 Å². The Morgan fingerprint density at radius 3 is 1.90 bits per heavy atom. The topological polar surface area (TPSA) is 38.7 Å². The molecule has 112 valence electrons. The number of ether oxygens (including phenoxy) is 1. The Kier molecular flexibility index (Phi) is 5.42. The Morgan fingerprint density at radius 1 is 1.10 bits per heavy atom. The zero-order valence-electron chi connectivity index (χ0n) is 12.8. The molecular formula is C14H21BCl2O3. The van der Waals surface area contributed by atoms with Gasteiger partial charge in [0.15, 0.2) is 5.75 Å². The fourth-order valence-electron chi connectivity index (χ4n) is 1.66. The molecular weight excluding hydrogens is 298 g/mol. The summed E-state index contributed by atoms with van der Waals surface area (Å²) in [4.78, 5) is 0. The molecule has 6 heteroatoms. The molecule has 1 aromatic rings. The van der Waals surface area contributed by atoms with Crippen LogP contribution in [0.2, 0.25) is 16.9 Å². The van der Waals surface area contributed by atoms with Crippen LogP contribution < -0.4 is 10.2 Å². The molecule has 0 aromatic heterocycles. The molecule has 1 rings (SSSR count). The van der Waals surface area contributed by atoms with E-state index in [1.807, 2.05) is 20.7 Å². The average Bonchev–Trinajstić information content (AvgIpc) is 2.26. The molecule has 0 heterocycles. The van der Waals surface area contributed by atoms with Crippen LogP contribution in [-0.2, 0) is 4.65 Å². The maximum absolute atomic E-state index is 10.1. The molecule has 1 aromatic carbocycles. The highest BCUT2D eigenvalue weighted by atomic mass is 35.5. The van der Waals surface area contributed by atoms with Crippen molar-refractivity contribution in [2.75, 3.05) is 7.11 Å². The fourth-order valence-corrected chi connectivity index (χ4v) is 2.32. The summed E-state index contributed by atoms with van der Waals surface area (Å²) in [5.74, 6) is 0.450. The first-order valence-corrected chi connectivity index (χ1v) is 7.18. The lowest BCUT2D eigenvalue weighted by Crippen LogP contribution is -2.52. The van der Waals surface area contributed by atoms with Crippen LogP contribution in [0.4, 0.5) is 0 Å². The van der Waals surface area contributed by atoms with Crippen molar-refractivity contribution in [1.29, 1.82) is 0 Å². The molecule has 1 N–H and O–H groups in total. The maximum Gasteiger partial charge on any atom is 0.324 e. The molecule has 0 amide bonds. The normalized spacial score (nSPS) is 12.4. The summed E-state index contributed by atoms with van der Waals surface area (Å²) in [7, 11) is 1.52. The van der Waals surface area contributed by atoms with Gasteiger partial charge in [-0.05, 0) is 45.3 Å². The van der Waals surface area contributed by atoms with Gasteiger partial charge in [-0.2, -0.15) is 0 Å². The smallest absolute Gasteiger partial charge is 0.324 e. The second-order valence-electron chi connectivity index (χ2n) is 5.85. The molecule has 0 bridgehead atoms. The molecule has 0 aliphatic carbocycles. The van der Waals surface area contributed by atoms with E-state index in [9.17, 15) is 5.11 Å². The van der Waals surface area contributed by atoms with Gasteiger partial charge in [-0.25, -0.2) is 0 Å². The van der Waals surface area contributed by atoms with Crippen molar-refractivity contribution in [1.82, 2.24) is 0 Å². The minimum atomic E-state index is -0.971. The number of hydrogen-bond donors (Lipinski definition) is 1. The third kappa shape index (κ3) is 3.82. The van der Waals surface area contributed by atoms with Crippen LogP contribution in [-0.4, -0.2) is 30.3 Å². The van der Waals surface area contributed by atoms with Crippen LogP contribution in [0.25, 0.3) is 0 Å². The van der Waals surface area contributed by atoms with Gasteiger partial charge < -0.3 is 14.5 Å². The number of halogens is 2. The number of benzene rings is 1. The molecule has 0 radical (unpaired) electrons. The number of aliphatic hydroxyl groups is 1. The lowest BCUT2D eigenvalue weighted by Gasteiger charge is -2.39. The van der Waals surface area contributed by atoms with Crippen LogP contribution in [0.1, 0.15) is 27.7 Å². The van der Waals surface area contributed by atoms with Gasteiger partial charge >= 0.3 is 6.92 Å². The van der Waals surface area contributed by atoms with E-state index < -0.39 is 11.2 Å². The highest BCUT2D eigenvalue weighted by Gasteiger charge is 2.38. The van der Waals surface area contributed by atoms with E-state index in [-0.39, 0.29) is 6.92 Å². The second-order valence-corrected chi connectivity index (χ2v) is 6.66. The molecule has 0 saturated carbocycles. The van der Waals surface area contributed by atoms with Crippen molar-refractivity contribution in [3.63, 3.8) is 0 Å². The van der Waals surface area contributed by atoms with E-state index in [0.29, 0.717) is 15.8 Å². The highest BCUT2D eigenvalue weighted by molar-refractivity contribution is 6.66. The van der Waals surface area contributed by atoms with E-state index in [2.05, 4.69) is 0 Å². The van der Waals surface area contributed by atoms with Crippen molar-refractivity contribution in [3.8, 4) is 5.75 Å². The summed E-state index contributed by atoms with van der Waals surface area (Å²) in [5, 5.41) is 11.0. The first-order valence-electron chi connectivity index (χ1n) is 6.42. The fraction of sp³-hybridized carbons (Fsp3) is 0.571. The molecule has 0 unspecified atom stereocenters. The van der Waals surface area contributed by atoms with E-state index in [1.54, 1.807) is 26.0 Å². The van der Waals surface area contributed by atoms with Gasteiger partial charge in [0.05, 0.1) is 28.4 Å². The number of rotatable bonds is 5. The first kappa shape index (κ1) is 17.6. The average molecular weight is 319 g/mol. The maximum atomic E-state index is 10.1. The quantitative estimate of drug-likeness (QED) is 0.846. The Bertz CT molecular complexity index is 461. The lowest BCUT2D eigenvalue weighted by molar-refractivity contribution is -0.0918. The lowest BCUT2D eigenvalue weighted by atomic mass is 9.62. The zero-order chi connectivity index (χ0) is 15.7. The summed E-state index contributed by atoms with van der Waals surface area (Å²) in [6, 6.07) is 3.52. The number of hydrogen-bond acceptors (Lipinski definition) is 3. The van der Waals surface area contributed by atoms with Crippen molar-refractivity contribution in [2.24, 2.45) is 0 Å². The third-order valence-corrected chi connectivity index (χ3v) is 4.20. The van der Waals surface area contributed by atoms with Crippen LogP contribution in [0.15, 0.2) is 12.1 Å². The molecule has 0 aliphatic rings. The highest BCUT2D eigenvalue weighted by Crippen LogP contribution is 2.32. The summed E-state index contributed by atoms with van der Waals surface area (Å²) in [6.45, 7) is 8.74.